The van der Waals surface area contributed by atoms with E-state index in [9.17, 15) is 0 Å². The predicted octanol–water partition coefficient (Wildman–Crippen LogP) is 8.47. The first-order valence-electron chi connectivity index (χ1n) is 11.0. The van der Waals surface area contributed by atoms with E-state index in [1.54, 1.807) is 0 Å². The average molecular weight is 406 g/mol. The molecule has 1 heteroatoms. The van der Waals surface area contributed by atoms with Crippen molar-refractivity contribution in [1.29, 1.82) is 0 Å². The molecule has 0 fully saturated rings. The molecule has 0 aliphatic rings. The van der Waals surface area contributed by atoms with Gasteiger partial charge < -0.3 is 0 Å². The molecule has 0 radical (unpaired) electrons. The van der Waals surface area contributed by atoms with Crippen LogP contribution < -0.4 is 0 Å². The number of rotatable bonds is 2. The summed E-state index contributed by atoms with van der Waals surface area (Å²) < 4.78 is 0. The summed E-state index contributed by atoms with van der Waals surface area (Å²) in [5.41, 5.74) is 4.55. The zero-order chi connectivity index (χ0) is 21.1. The number of fused-ring (bicyclic) bond motifs is 1. The minimum absolute atomic E-state index is 1.01. The third kappa shape index (κ3) is 2.48. The lowest BCUT2D eigenvalue weighted by atomic mass is 9.91. The second-order valence-electron chi connectivity index (χ2n) is 8.43. The molecule has 0 unspecified atom stereocenters. The van der Waals surface area contributed by atoms with E-state index in [4.69, 9.17) is 4.98 Å². The molecule has 6 aromatic carbocycles. The highest BCUT2D eigenvalue weighted by Crippen LogP contribution is 2.39. The molecular formula is C31H19N. The standard InChI is InChI=1S/C31H19N/c1-2-9-25-20(5-1)6-4-10-26(25)24-15-18-29(32-19-24)27-16-13-23-12-11-21-7-3-8-22-14-17-28(27)31(23)30(21)22/h1-19H. The van der Waals surface area contributed by atoms with Gasteiger partial charge >= 0.3 is 0 Å². The first kappa shape index (κ1) is 17.5. The monoisotopic (exact) mass is 405 g/mol. The molecule has 0 aliphatic heterocycles. The Kier molecular flexibility index (Phi) is 3.62. The molecule has 7 rings (SSSR count). The van der Waals surface area contributed by atoms with Crippen molar-refractivity contribution < 1.29 is 0 Å². The van der Waals surface area contributed by atoms with Gasteiger partial charge in [-0.3, -0.25) is 4.98 Å². The van der Waals surface area contributed by atoms with Crippen LogP contribution in [0.4, 0.5) is 0 Å². The molecule has 0 spiro atoms. The smallest absolute Gasteiger partial charge is 0.0708 e. The molecule has 0 aliphatic carbocycles. The van der Waals surface area contributed by atoms with Gasteiger partial charge in [0.15, 0.2) is 0 Å². The highest BCUT2D eigenvalue weighted by atomic mass is 14.7. The van der Waals surface area contributed by atoms with Gasteiger partial charge in [-0.2, -0.15) is 0 Å². The Morgan fingerprint density at radius 2 is 1.09 bits per heavy atom. The van der Waals surface area contributed by atoms with Gasteiger partial charge in [0.25, 0.3) is 0 Å². The Bertz CT molecular complexity index is 1740. The molecule has 1 aromatic heterocycles. The maximum absolute atomic E-state index is 4.91. The highest BCUT2D eigenvalue weighted by molar-refractivity contribution is 6.25. The minimum atomic E-state index is 1.01. The van der Waals surface area contributed by atoms with Crippen molar-refractivity contribution in [2.75, 3.05) is 0 Å². The van der Waals surface area contributed by atoms with E-state index < -0.39 is 0 Å². The molecule has 1 nitrogen and oxygen atoms in total. The van der Waals surface area contributed by atoms with Gasteiger partial charge in [0, 0.05) is 17.3 Å². The molecule has 0 bridgehead atoms. The largest absolute Gasteiger partial charge is 0.256 e. The highest BCUT2D eigenvalue weighted by Gasteiger charge is 2.13. The van der Waals surface area contributed by atoms with E-state index in [1.807, 2.05) is 6.20 Å². The number of hydrogen-bond acceptors (Lipinski definition) is 1. The van der Waals surface area contributed by atoms with Crippen molar-refractivity contribution in [2.24, 2.45) is 0 Å². The summed E-state index contributed by atoms with van der Waals surface area (Å²) in [6.07, 6.45) is 2.01. The molecule has 0 atom stereocenters. The molecule has 0 amide bonds. The van der Waals surface area contributed by atoms with Crippen LogP contribution >= 0.6 is 0 Å². The molecular weight excluding hydrogens is 386 g/mol. The molecule has 1 heterocycles. The predicted molar refractivity (Wildman–Crippen MR) is 136 cm³/mol. The zero-order valence-corrected chi connectivity index (χ0v) is 17.4. The summed E-state index contributed by atoms with van der Waals surface area (Å²) in [6.45, 7) is 0. The lowest BCUT2D eigenvalue weighted by molar-refractivity contribution is 1.33. The molecule has 148 valence electrons. The Morgan fingerprint density at radius 3 is 1.94 bits per heavy atom. The van der Waals surface area contributed by atoms with Gasteiger partial charge in [-0.1, -0.05) is 103 Å². The fraction of sp³-hybridized carbons (Fsp3) is 0. The van der Waals surface area contributed by atoms with Gasteiger partial charge in [-0.25, -0.2) is 0 Å². The maximum Gasteiger partial charge on any atom is 0.0708 e. The van der Waals surface area contributed by atoms with Crippen LogP contribution in [0.25, 0.3) is 65.5 Å². The van der Waals surface area contributed by atoms with Gasteiger partial charge in [-0.15, -0.1) is 0 Å². The molecule has 0 N–H and O–H groups in total. The van der Waals surface area contributed by atoms with E-state index in [2.05, 4.69) is 109 Å². The fourth-order valence-corrected chi connectivity index (χ4v) is 5.15. The Hall–Kier alpha value is -4.23. The lowest BCUT2D eigenvalue weighted by Gasteiger charge is -2.14. The van der Waals surface area contributed by atoms with Crippen LogP contribution in [0.15, 0.2) is 115 Å². The Balaban J connectivity index is 1.42. The molecule has 7 aromatic rings. The summed E-state index contributed by atoms with van der Waals surface area (Å²) in [5.74, 6) is 0. The van der Waals surface area contributed by atoms with E-state index in [0.29, 0.717) is 0 Å². The van der Waals surface area contributed by atoms with Crippen LogP contribution in [0.1, 0.15) is 0 Å². The van der Waals surface area contributed by atoms with Crippen LogP contribution in [0, 0.1) is 0 Å². The summed E-state index contributed by atoms with van der Waals surface area (Å²) in [4.78, 5) is 4.91. The van der Waals surface area contributed by atoms with Crippen molar-refractivity contribution in [3.05, 3.63) is 115 Å². The number of aromatic nitrogens is 1. The molecule has 0 saturated heterocycles. The SMILES string of the molecule is c1ccc2c(-c3ccc(-c4ccc5ccc6cccc7ccc4c5c67)nc3)cccc2c1. The van der Waals surface area contributed by atoms with E-state index in [0.717, 1.165) is 11.3 Å². The van der Waals surface area contributed by atoms with Crippen LogP contribution in [-0.2, 0) is 0 Å². The van der Waals surface area contributed by atoms with E-state index in [1.165, 1.54) is 54.2 Å². The second-order valence-corrected chi connectivity index (χ2v) is 8.43. The summed E-state index contributed by atoms with van der Waals surface area (Å²) in [5, 5.41) is 10.3. The van der Waals surface area contributed by atoms with Gasteiger partial charge in [0.1, 0.15) is 0 Å². The summed E-state index contributed by atoms with van der Waals surface area (Å²) >= 11 is 0. The van der Waals surface area contributed by atoms with Gasteiger partial charge in [-0.05, 0) is 54.7 Å². The summed E-state index contributed by atoms with van der Waals surface area (Å²) in [7, 11) is 0. The Morgan fingerprint density at radius 1 is 0.406 bits per heavy atom. The number of pyridine rings is 1. The van der Waals surface area contributed by atoms with Crippen molar-refractivity contribution in [2.45, 2.75) is 0 Å². The lowest BCUT2D eigenvalue weighted by Crippen LogP contribution is -1.90. The molecule has 32 heavy (non-hydrogen) atoms. The third-order valence-electron chi connectivity index (χ3n) is 6.67. The number of benzene rings is 6. The summed E-state index contributed by atoms with van der Waals surface area (Å²) in [6, 6.07) is 39.2. The normalized spacial score (nSPS) is 11.8. The topological polar surface area (TPSA) is 12.9 Å². The number of hydrogen-bond donors (Lipinski definition) is 0. The van der Waals surface area contributed by atoms with Gasteiger partial charge in [0.05, 0.1) is 5.69 Å². The van der Waals surface area contributed by atoms with Crippen molar-refractivity contribution >= 4 is 43.1 Å². The van der Waals surface area contributed by atoms with E-state index in [-0.39, 0.29) is 0 Å². The fourth-order valence-electron chi connectivity index (χ4n) is 5.15. The first-order chi connectivity index (χ1) is 15.9. The minimum Gasteiger partial charge on any atom is -0.256 e. The van der Waals surface area contributed by atoms with Crippen molar-refractivity contribution in [3.63, 3.8) is 0 Å². The Labute approximate surface area is 185 Å². The van der Waals surface area contributed by atoms with E-state index >= 15 is 0 Å². The zero-order valence-electron chi connectivity index (χ0n) is 17.4. The first-order valence-corrected chi connectivity index (χ1v) is 11.0. The van der Waals surface area contributed by atoms with Crippen LogP contribution in [0.3, 0.4) is 0 Å². The van der Waals surface area contributed by atoms with Crippen LogP contribution in [-0.4, -0.2) is 4.98 Å². The second kappa shape index (κ2) is 6.63. The van der Waals surface area contributed by atoms with Crippen molar-refractivity contribution in [1.82, 2.24) is 4.98 Å². The van der Waals surface area contributed by atoms with Gasteiger partial charge in [0.2, 0.25) is 0 Å². The van der Waals surface area contributed by atoms with Crippen LogP contribution in [0.5, 0.6) is 0 Å². The number of nitrogens with zero attached hydrogens (tertiary/aromatic N) is 1. The molecule has 0 saturated carbocycles. The maximum atomic E-state index is 4.91. The average Bonchev–Trinajstić information content (AvgIpc) is 2.87. The quantitative estimate of drug-likeness (QED) is 0.263. The third-order valence-corrected chi connectivity index (χ3v) is 6.67. The van der Waals surface area contributed by atoms with Crippen molar-refractivity contribution in [3.8, 4) is 22.4 Å². The van der Waals surface area contributed by atoms with Crippen LogP contribution in [0.2, 0.25) is 0 Å².